The summed E-state index contributed by atoms with van der Waals surface area (Å²) in [5.41, 5.74) is 1.17. The van der Waals surface area contributed by atoms with Crippen LogP contribution in [0.4, 0.5) is 0 Å². The topological polar surface area (TPSA) is 84.7 Å². The van der Waals surface area contributed by atoms with Crippen LogP contribution in [0.5, 0.6) is 5.75 Å². The summed E-state index contributed by atoms with van der Waals surface area (Å²) in [4.78, 5) is 18.6. The first kappa shape index (κ1) is 22.3. The van der Waals surface area contributed by atoms with Crippen LogP contribution in [0.3, 0.4) is 0 Å². The predicted molar refractivity (Wildman–Crippen MR) is 114 cm³/mol. The van der Waals surface area contributed by atoms with Crippen LogP contribution >= 0.6 is 0 Å². The molecule has 0 radical (unpaired) electrons. The van der Waals surface area contributed by atoms with Gasteiger partial charge in [0, 0.05) is 39.3 Å². The number of carbonyl (C=O) groups excluding carboxylic acids is 1. The maximum atomic E-state index is 12.8. The molecular formula is C21H30N4O4S. The molecule has 0 atom stereocenters. The molecule has 164 valence electrons. The van der Waals surface area contributed by atoms with Crippen molar-refractivity contribution in [2.24, 2.45) is 13.0 Å². The highest BCUT2D eigenvalue weighted by Gasteiger charge is 2.34. The van der Waals surface area contributed by atoms with Crippen LogP contribution in [0.1, 0.15) is 24.2 Å². The van der Waals surface area contributed by atoms with Crippen molar-refractivity contribution in [3.8, 4) is 5.75 Å². The molecule has 9 heteroatoms. The number of carbonyl (C=O) groups is 1. The molecule has 2 aromatic rings. The second-order valence-corrected chi connectivity index (χ2v) is 9.72. The Hall–Kier alpha value is -2.39. The molecule has 1 amide bonds. The Morgan fingerprint density at radius 2 is 1.83 bits per heavy atom. The standard InChI is InChI=1S/C21H30N4O4S/c1-16-5-7-19(8-6-16)29-14-13-23(3)21(26)18-9-11-25(12-10-18)30(27,28)20-15-24(4)17(2)22-20/h5-8,15,18H,9-14H2,1-4H3. The molecule has 0 aliphatic carbocycles. The van der Waals surface area contributed by atoms with Gasteiger partial charge in [0.2, 0.25) is 5.91 Å². The van der Waals surface area contributed by atoms with Crippen molar-refractivity contribution in [1.82, 2.24) is 18.8 Å². The lowest BCUT2D eigenvalue weighted by molar-refractivity contribution is -0.135. The predicted octanol–water partition coefficient (Wildman–Crippen LogP) is 1.98. The first-order valence-corrected chi connectivity index (χ1v) is 11.6. The molecule has 1 fully saturated rings. The minimum Gasteiger partial charge on any atom is -0.492 e. The van der Waals surface area contributed by atoms with Crippen LogP contribution in [0.2, 0.25) is 0 Å². The zero-order valence-corrected chi connectivity index (χ0v) is 18.9. The molecule has 1 aliphatic rings. The van der Waals surface area contributed by atoms with Gasteiger partial charge in [-0.05, 0) is 38.8 Å². The zero-order valence-electron chi connectivity index (χ0n) is 18.0. The number of benzene rings is 1. The monoisotopic (exact) mass is 434 g/mol. The Morgan fingerprint density at radius 1 is 1.20 bits per heavy atom. The Bertz CT molecular complexity index is 957. The minimum atomic E-state index is -3.62. The van der Waals surface area contributed by atoms with E-state index in [0.29, 0.717) is 44.9 Å². The van der Waals surface area contributed by atoms with Gasteiger partial charge in [-0.3, -0.25) is 4.79 Å². The van der Waals surface area contributed by atoms with Gasteiger partial charge >= 0.3 is 0 Å². The fraction of sp³-hybridized carbons (Fsp3) is 0.524. The van der Waals surface area contributed by atoms with E-state index in [1.807, 2.05) is 31.2 Å². The van der Waals surface area contributed by atoms with E-state index in [-0.39, 0.29) is 16.9 Å². The number of aryl methyl sites for hydroxylation is 3. The molecule has 1 saturated heterocycles. The average Bonchev–Trinajstić information content (AvgIpc) is 3.08. The van der Waals surface area contributed by atoms with Crippen molar-refractivity contribution in [3.05, 3.63) is 41.9 Å². The van der Waals surface area contributed by atoms with Gasteiger partial charge in [-0.15, -0.1) is 0 Å². The smallest absolute Gasteiger partial charge is 0.262 e. The Morgan fingerprint density at radius 3 is 2.40 bits per heavy atom. The van der Waals surface area contributed by atoms with E-state index in [2.05, 4.69) is 4.98 Å². The number of hydrogen-bond donors (Lipinski definition) is 0. The number of likely N-dealkylation sites (N-methyl/N-ethyl adjacent to an activating group) is 1. The first-order valence-electron chi connectivity index (χ1n) is 10.1. The summed E-state index contributed by atoms with van der Waals surface area (Å²) in [5.74, 6) is 1.29. The molecule has 0 spiro atoms. The average molecular weight is 435 g/mol. The van der Waals surface area contributed by atoms with Gasteiger partial charge in [-0.2, -0.15) is 4.31 Å². The van der Waals surface area contributed by atoms with Crippen LogP contribution in [0.15, 0.2) is 35.5 Å². The lowest BCUT2D eigenvalue weighted by Gasteiger charge is -2.32. The zero-order chi connectivity index (χ0) is 21.9. The highest BCUT2D eigenvalue weighted by molar-refractivity contribution is 7.89. The summed E-state index contributed by atoms with van der Waals surface area (Å²) in [6.45, 7) is 5.33. The number of nitrogens with zero attached hydrogens (tertiary/aromatic N) is 4. The van der Waals surface area contributed by atoms with Crippen molar-refractivity contribution < 1.29 is 17.9 Å². The fourth-order valence-corrected chi connectivity index (χ4v) is 4.98. The van der Waals surface area contributed by atoms with Gasteiger partial charge in [0.05, 0.1) is 6.54 Å². The second-order valence-electron chi connectivity index (χ2n) is 7.84. The Kier molecular flexibility index (Phi) is 6.82. The van der Waals surface area contributed by atoms with Crippen LogP contribution < -0.4 is 4.74 Å². The number of ether oxygens (including phenoxy) is 1. The van der Waals surface area contributed by atoms with Crippen molar-refractivity contribution in [1.29, 1.82) is 0 Å². The molecule has 3 rings (SSSR count). The van der Waals surface area contributed by atoms with Gasteiger partial charge in [0.1, 0.15) is 18.2 Å². The molecule has 0 N–H and O–H groups in total. The number of amides is 1. The number of rotatable bonds is 7. The minimum absolute atomic E-state index is 0.0354. The number of imidazole rings is 1. The SMILES string of the molecule is Cc1ccc(OCCN(C)C(=O)C2CCN(S(=O)(=O)c3cn(C)c(C)n3)CC2)cc1. The molecule has 1 aliphatic heterocycles. The summed E-state index contributed by atoms with van der Waals surface area (Å²) < 4.78 is 34.4. The summed E-state index contributed by atoms with van der Waals surface area (Å²) in [5, 5.41) is 0.0673. The summed E-state index contributed by atoms with van der Waals surface area (Å²) in [7, 11) is -0.0915. The lowest BCUT2D eigenvalue weighted by Crippen LogP contribution is -2.44. The van der Waals surface area contributed by atoms with E-state index in [4.69, 9.17) is 4.74 Å². The molecule has 1 aromatic heterocycles. The number of hydrogen-bond acceptors (Lipinski definition) is 5. The van der Waals surface area contributed by atoms with Crippen molar-refractivity contribution in [3.63, 3.8) is 0 Å². The molecule has 0 bridgehead atoms. The quantitative estimate of drug-likeness (QED) is 0.665. The van der Waals surface area contributed by atoms with E-state index in [9.17, 15) is 13.2 Å². The van der Waals surface area contributed by atoms with Crippen LogP contribution in [0, 0.1) is 19.8 Å². The fourth-order valence-electron chi connectivity index (χ4n) is 3.48. The molecule has 2 heterocycles. The van der Waals surface area contributed by atoms with Gasteiger partial charge in [-0.25, -0.2) is 13.4 Å². The number of piperidine rings is 1. The lowest BCUT2D eigenvalue weighted by atomic mass is 9.97. The van der Waals surface area contributed by atoms with Crippen molar-refractivity contribution >= 4 is 15.9 Å². The Balaban J connectivity index is 1.48. The first-order chi connectivity index (χ1) is 14.2. The van der Waals surface area contributed by atoms with Crippen LogP contribution in [-0.2, 0) is 21.9 Å². The molecule has 0 unspecified atom stereocenters. The van der Waals surface area contributed by atoms with E-state index in [1.165, 1.54) is 16.1 Å². The summed E-state index contributed by atoms with van der Waals surface area (Å²) in [6, 6.07) is 7.80. The van der Waals surface area contributed by atoms with Gasteiger partial charge < -0.3 is 14.2 Å². The number of sulfonamides is 1. The third-order valence-corrected chi connectivity index (χ3v) is 7.36. The van der Waals surface area contributed by atoms with Crippen molar-refractivity contribution in [2.75, 3.05) is 33.3 Å². The summed E-state index contributed by atoms with van der Waals surface area (Å²) >= 11 is 0. The molecular weight excluding hydrogens is 404 g/mol. The largest absolute Gasteiger partial charge is 0.492 e. The van der Waals surface area contributed by atoms with Crippen molar-refractivity contribution in [2.45, 2.75) is 31.7 Å². The maximum absolute atomic E-state index is 12.8. The van der Waals surface area contributed by atoms with Gasteiger partial charge in [-0.1, -0.05) is 17.7 Å². The highest BCUT2D eigenvalue weighted by Crippen LogP contribution is 2.24. The van der Waals surface area contributed by atoms with E-state index < -0.39 is 10.0 Å². The van der Waals surface area contributed by atoms with Crippen LogP contribution in [-0.4, -0.2) is 66.4 Å². The maximum Gasteiger partial charge on any atom is 0.262 e. The molecule has 8 nitrogen and oxygen atoms in total. The van der Waals surface area contributed by atoms with Gasteiger partial charge in [0.25, 0.3) is 10.0 Å². The van der Waals surface area contributed by atoms with E-state index in [1.54, 1.807) is 30.5 Å². The highest BCUT2D eigenvalue weighted by atomic mass is 32.2. The van der Waals surface area contributed by atoms with Gasteiger partial charge in [0.15, 0.2) is 5.03 Å². The van der Waals surface area contributed by atoms with E-state index in [0.717, 1.165) is 5.75 Å². The number of aromatic nitrogens is 2. The summed E-state index contributed by atoms with van der Waals surface area (Å²) in [6.07, 6.45) is 2.55. The third-order valence-electron chi connectivity index (χ3n) is 5.59. The van der Waals surface area contributed by atoms with Crippen LogP contribution in [0.25, 0.3) is 0 Å². The molecule has 1 aromatic carbocycles. The normalized spacial score (nSPS) is 15.9. The molecule has 0 saturated carbocycles. The Labute approximate surface area is 178 Å². The third kappa shape index (κ3) is 5.02. The van der Waals surface area contributed by atoms with E-state index >= 15 is 0 Å². The molecule has 30 heavy (non-hydrogen) atoms. The second kappa shape index (κ2) is 9.18.